The second-order valence-corrected chi connectivity index (χ2v) is 12.8. The summed E-state index contributed by atoms with van der Waals surface area (Å²) < 4.78 is 13.1. The molecule has 5 rings (SSSR count). The first-order valence-corrected chi connectivity index (χ1v) is 14.6. The van der Waals surface area contributed by atoms with Crippen LogP contribution in [0.3, 0.4) is 0 Å². The van der Waals surface area contributed by atoms with Crippen molar-refractivity contribution in [3.05, 3.63) is 29.6 Å². The first-order chi connectivity index (χ1) is 17.8. The van der Waals surface area contributed by atoms with Gasteiger partial charge in [0.25, 0.3) is 0 Å². The number of ketones is 1. The number of thioether (sulfide) groups is 1. The molecule has 4 heterocycles. The molecule has 0 atom stereocenters. The predicted octanol–water partition coefficient (Wildman–Crippen LogP) is 3.84. The Morgan fingerprint density at radius 1 is 0.946 bits per heavy atom. The molecule has 0 amide bonds. The Hall–Kier alpha value is -2.34. The highest BCUT2D eigenvalue weighted by molar-refractivity contribution is 8.01. The van der Waals surface area contributed by atoms with Crippen LogP contribution in [-0.4, -0.2) is 84.1 Å². The van der Waals surface area contributed by atoms with Crippen molar-refractivity contribution in [1.82, 2.24) is 19.9 Å². The average Bonchev–Trinajstić information content (AvgIpc) is 3.30. The van der Waals surface area contributed by atoms with Crippen molar-refractivity contribution in [3.63, 3.8) is 0 Å². The van der Waals surface area contributed by atoms with Gasteiger partial charge in [-0.05, 0) is 23.1 Å². The smallest absolute Gasteiger partial charge is 0.230 e. The number of benzene rings is 1. The van der Waals surface area contributed by atoms with E-state index in [2.05, 4.69) is 48.8 Å². The third-order valence-electron chi connectivity index (χ3n) is 6.13. The Balaban J connectivity index is 1.33. The molecule has 0 saturated carbocycles. The number of thiazole rings is 1. The van der Waals surface area contributed by atoms with Crippen LogP contribution in [0.5, 0.6) is 0 Å². The fourth-order valence-corrected chi connectivity index (χ4v) is 6.36. The minimum absolute atomic E-state index is 0.0124. The van der Waals surface area contributed by atoms with Crippen LogP contribution in [0, 0.1) is 5.41 Å². The van der Waals surface area contributed by atoms with Crippen molar-refractivity contribution in [2.45, 2.75) is 38.0 Å². The number of carbonyl (C=O) groups excluding carboxylic acids is 1. The number of Topliss-reactive ketones (excluding diaryl/α,β-unsaturated/α-hetero) is 1. The van der Waals surface area contributed by atoms with Crippen LogP contribution in [0.25, 0.3) is 10.2 Å². The van der Waals surface area contributed by atoms with E-state index in [1.807, 2.05) is 0 Å². The second kappa shape index (κ2) is 11.6. The number of fused-ring (bicyclic) bond motifs is 1. The molecule has 11 heteroatoms. The van der Waals surface area contributed by atoms with E-state index >= 15 is 0 Å². The quantitative estimate of drug-likeness (QED) is 0.391. The lowest BCUT2D eigenvalue weighted by molar-refractivity contribution is -0.118. The number of morpholine rings is 2. The van der Waals surface area contributed by atoms with Gasteiger partial charge < -0.3 is 19.3 Å². The topological polar surface area (TPSA) is 93.6 Å². The van der Waals surface area contributed by atoms with Gasteiger partial charge in [-0.1, -0.05) is 38.6 Å². The highest BCUT2D eigenvalue weighted by Crippen LogP contribution is 2.31. The van der Waals surface area contributed by atoms with Crippen molar-refractivity contribution in [2.24, 2.45) is 5.41 Å². The lowest BCUT2D eigenvalue weighted by Gasteiger charge is -2.30. The molecule has 37 heavy (non-hydrogen) atoms. The zero-order valence-corrected chi connectivity index (χ0v) is 23.4. The molecule has 2 aliphatic rings. The lowest BCUT2D eigenvalue weighted by atomic mass is 9.90. The van der Waals surface area contributed by atoms with Gasteiger partial charge in [-0.2, -0.15) is 15.0 Å². The van der Waals surface area contributed by atoms with E-state index in [9.17, 15) is 4.79 Å². The van der Waals surface area contributed by atoms with Crippen molar-refractivity contribution in [1.29, 1.82) is 0 Å². The van der Waals surface area contributed by atoms with Crippen LogP contribution < -0.4 is 9.80 Å². The standard InChI is InChI=1S/C26H34N6O3S2/c1-26(2,3)16-19(33)17-36-25-27-20-5-4-18(14-21(20)37-25)15-22-28-23(31-6-10-34-11-7-31)30-24(29-22)32-8-12-35-13-9-32/h4-5,14H,6-13,15-17H2,1-3H3. The third-order valence-corrected chi connectivity index (χ3v) is 8.35. The maximum atomic E-state index is 12.3. The molecule has 0 bridgehead atoms. The normalized spacial score (nSPS) is 16.9. The van der Waals surface area contributed by atoms with Gasteiger partial charge in [-0.25, -0.2) is 4.98 Å². The van der Waals surface area contributed by atoms with Gasteiger partial charge in [-0.3, -0.25) is 4.79 Å². The molecule has 1 aromatic carbocycles. The van der Waals surface area contributed by atoms with E-state index in [-0.39, 0.29) is 11.2 Å². The Labute approximate surface area is 226 Å². The first-order valence-electron chi connectivity index (χ1n) is 12.8. The fraction of sp³-hybridized carbons (Fsp3) is 0.577. The number of hydrogen-bond donors (Lipinski definition) is 0. The van der Waals surface area contributed by atoms with Crippen LogP contribution in [0.2, 0.25) is 0 Å². The summed E-state index contributed by atoms with van der Waals surface area (Å²) in [6, 6.07) is 6.31. The van der Waals surface area contributed by atoms with Crippen LogP contribution in [0.15, 0.2) is 22.5 Å². The monoisotopic (exact) mass is 542 g/mol. The summed E-state index contributed by atoms with van der Waals surface area (Å²) in [5.74, 6) is 2.91. The van der Waals surface area contributed by atoms with E-state index in [0.717, 1.165) is 52.1 Å². The molecule has 2 aliphatic heterocycles. The molecular formula is C26H34N6O3S2. The summed E-state index contributed by atoms with van der Waals surface area (Å²) in [6.45, 7) is 12.1. The van der Waals surface area contributed by atoms with Crippen molar-refractivity contribution in [3.8, 4) is 0 Å². The van der Waals surface area contributed by atoms with Crippen LogP contribution in [-0.2, 0) is 20.7 Å². The molecule has 0 spiro atoms. The van der Waals surface area contributed by atoms with E-state index in [1.165, 1.54) is 11.8 Å². The number of nitrogens with zero attached hydrogens (tertiary/aromatic N) is 6. The molecule has 2 aromatic heterocycles. The number of ether oxygens (including phenoxy) is 2. The number of carbonyl (C=O) groups is 1. The van der Waals surface area contributed by atoms with Gasteiger partial charge in [0.05, 0.1) is 42.4 Å². The number of hydrogen-bond acceptors (Lipinski definition) is 11. The predicted molar refractivity (Wildman–Crippen MR) is 148 cm³/mol. The summed E-state index contributed by atoms with van der Waals surface area (Å²) in [5, 5.41) is 0. The van der Waals surface area contributed by atoms with Crippen LogP contribution in [0.1, 0.15) is 38.6 Å². The lowest BCUT2D eigenvalue weighted by Crippen LogP contribution is -2.40. The zero-order valence-electron chi connectivity index (χ0n) is 21.7. The molecular weight excluding hydrogens is 508 g/mol. The minimum atomic E-state index is 0.0124. The van der Waals surface area contributed by atoms with Gasteiger partial charge in [0, 0.05) is 39.0 Å². The van der Waals surface area contributed by atoms with Crippen LogP contribution in [0.4, 0.5) is 11.9 Å². The molecule has 0 aliphatic carbocycles. The molecule has 198 valence electrons. The first kappa shape index (κ1) is 26.3. The van der Waals surface area contributed by atoms with E-state index in [1.54, 1.807) is 11.3 Å². The molecule has 0 radical (unpaired) electrons. The van der Waals surface area contributed by atoms with E-state index in [4.69, 9.17) is 29.4 Å². The molecule has 0 unspecified atom stereocenters. The number of anilines is 2. The highest BCUT2D eigenvalue weighted by atomic mass is 32.2. The van der Waals surface area contributed by atoms with Crippen molar-refractivity contribution < 1.29 is 14.3 Å². The van der Waals surface area contributed by atoms with Gasteiger partial charge in [0.1, 0.15) is 11.6 Å². The summed E-state index contributed by atoms with van der Waals surface area (Å²) >= 11 is 3.17. The molecule has 9 nitrogen and oxygen atoms in total. The summed E-state index contributed by atoms with van der Waals surface area (Å²) in [5.41, 5.74) is 2.10. The van der Waals surface area contributed by atoms with Gasteiger partial charge in [0.2, 0.25) is 11.9 Å². The fourth-order valence-electron chi connectivity index (χ4n) is 4.37. The number of aromatic nitrogens is 4. The van der Waals surface area contributed by atoms with Gasteiger partial charge in [0.15, 0.2) is 4.34 Å². The maximum absolute atomic E-state index is 12.3. The minimum Gasteiger partial charge on any atom is -0.378 e. The van der Waals surface area contributed by atoms with Gasteiger partial charge >= 0.3 is 0 Å². The largest absolute Gasteiger partial charge is 0.378 e. The molecule has 2 fully saturated rings. The van der Waals surface area contributed by atoms with E-state index < -0.39 is 0 Å². The maximum Gasteiger partial charge on any atom is 0.230 e. The second-order valence-electron chi connectivity index (χ2n) is 10.6. The number of rotatable bonds is 8. The summed E-state index contributed by atoms with van der Waals surface area (Å²) in [4.78, 5) is 35.9. The summed E-state index contributed by atoms with van der Waals surface area (Å²) in [7, 11) is 0. The Morgan fingerprint density at radius 2 is 1.57 bits per heavy atom. The molecule has 2 saturated heterocycles. The Bertz CT molecular complexity index is 1200. The summed E-state index contributed by atoms with van der Waals surface area (Å²) in [6.07, 6.45) is 1.19. The molecule has 3 aromatic rings. The molecule has 0 N–H and O–H groups in total. The van der Waals surface area contributed by atoms with Gasteiger partial charge in [-0.15, -0.1) is 11.3 Å². The van der Waals surface area contributed by atoms with Crippen molar-refractivity contribution >= 4 is 51.0 Å². The highest BCUT2D eigenvalue weighted by Gasteiger charge is 2.21. The van der Waals surface area contributed by atoms with E-state index in [0.29, 0.717) is 56.9 Å². The Morgan fingerprint density at radius 3 is 2.16 bits per heavy atom. The van der Waals surface area contributed by atoms with Crippen LogP contribution >= 0.6 is 23.1 Å². The SMILES string of the molecule is CC(C)(C)CC(=O)CSc1nc2ccc(Cc3nc(N4CCOCC4)nc(N4CCOCC4)n3)cc2s1. The van der Waals surface area contributed by atoms with Crippen molar-refractivity contribution in [2.75, 3.05) is 68.2 Å². The Kier molecular flexibility index (Phi) is 8.23. The average molecular weight is 543 g/mol. The third kappa shape index (κ3) is 7.16. The zero-order chi connectivity index (χ0) is 25.8.